The van der Waals surface area contributed by atoms with Gasteiger partial charge in [0, 0.05) is 0 Å². The summed E-state index contributed by atoms with van der Waals surface area (Å²) in [6.45, 7) is 3.64. The Balaban J connectivity index is 2.65. The zero-order valence-electron chi connectivity index (χ0n) is 9.53. The minimum absolute atomic E-state index is 0.209. The minimum atomic E-state index is -0.504. The molecule has 0 bridgehead atoms. The van der Waals surface area contributed by atoms with Gasteiger partial charge in [-0.2, -0.15) is 0 Å². The Morgan fingerprint density at radius 3 is 2.81 bits per heavy atom. The molecule has 1 rings (SSSR count). The molecule has 0 aliphatic rings. The van der Waals surface area contributed by atoms with Crippen molar-refractivity contribution in [2.45, 2.75) is 32.4 Å². The molecular weight excluding hydrogens is 207 g/mol. The van der Waals surface area contributed by atoms with Gasteiger partial charge < -0.3 is 11.1 Å². The van der Waals surface area contributed by atoms with Crippen LogP contribution in [0.4, 0.5) is 4.39 Å². The van der Waals surface area contributed by atoms with E-state index in [1.54, 1.807) is 19.1 Å². The average molecular weight is 224 g/mol. The molecule has 0 aliphatic carbocycles. The number of benzene rings is 1. The van der Waals surface area contributed by atoms with E-state index in [0.29, 0.717) is 6.42 Å². The summed E-state index contributed by atoms with van der Waals surface area (Å²) in [6, 6.07) is 5.42. The van der Waals surface area contributed by atoms with Crippen LogP contribution in [0.1, 0.15) is 31.9 Å². The van der Waals surface area contributed by atoms with Gasteiger partial charge in [0.1, 0.15) is 5.82 Å². The van der Waals surface area contributed by atoms with Gasteiger partial charge in [0.2, 0.25) is 5.91 Å². The summed E-state index contributed by atoms with van der Waals surface area (Å²) in [6.07, 6.45) is 0.585. The lowest BCUT2D eigenvalue weighted by atomic mass is 10.1. The first-order valence-electron chi connectivity index (χ1n) is 5.36. The van der Waals surface area contributed by atoms with E-state index in [0.717, 1.165) is 5.56 Å². The molecule has 16 heavy (non-hydrogen) atoms. The van der Waals surface area contributed by atoms with Gasteiger partial charge in [-0.15, -0.1) is 0 Å². The van der Waals surface area contributed by atoms with Gasteiger partial charge in [-0.05, 0) is 31.0 Å². The summed E-state index contributed by atoms with van der Waals surface area (Å²) in [5, 5.41) is 2.74. The third-order valence-corrected chi connectivity index (χ3v) is 2.48. The number of nitrogens with one attached hydrogen (secondary N) is 1. The number of carbonyl (C=O) groups excluding carboxylic acids is 1. The largest absolute Gasteiger partial charge is 0.348 e. The van der Waals surface area contributed by atoms with Crippen LogP contribution in [0.5, 0.6) is 0 Å². The Bertz CT molecular complexity index is 368. The summed E-state index contributed by atoms with van der Waals surface area (Å²) in [5.41, 5.74) is 6.32. The molecule has 0 aromatic heterocycles. The number of rotatable bonds is 4. The standard InChI is InChI=1S/C12H17FN2O/c1-3-11(14)12(16)15-8(2)9-5-4-6-10(13)7-9/h4-8,11H,3,14H2,1-2H3,(H,15,16)/t8-,11-/m0/s1. The van der Waals surface area contributed by atoms with Crippen molar-refractivity contribution in [2.75, 3.05) is 0 Å². The van der Waals surface area contributed by atoms with Crippen molar-refractivity contribution in [2.24, 2.45) is 5.73 Å². The Morgan fingerprint density at radius 2 is 2.25 bits per heavy atom. The summed E-state index contributed by atoms with van der Waals surface area (Å²) < 4.78 is 13.0. The van der Waals surface area contributed by atoms with Gasteiger partial charge in [-0.1, -0.05) is 19.1 Å². The lowest BCUT2D eigenvalue weighted by Gasteiger charge is -2.17. The molecule has 0 spiro atoms. The Labute approximate surface area is 94.8 Å². The molecule has 3 N–H and O–H groups in total. The second-order valence-electron chi connectivity index (χ2n) is 3.80. The third-order valence-electron chi connectivity index (χ3n) is 2.48. The molecule has 0 saturated heterocycles. The first-order valence-corrected chi connectivity index (χ1v) is 5.36. The highest BCUT2D eigenvalue weighted by Gasteiger charge is 2.14. The van der Waals surface area contributed by atoms with E-state index in [2.05, 4.69) is 5.32 Å². The van der Waals surface area contributed by atoms with Crippen molar-refractivity contribution in [1.29, 1.82) is 0 Å². The molecule has 4 heteroatoms. The van der Waals surface area contributed by atoms with Crippen molar-refractivity contribution < 1.29 is 9.18 Å². The summed E-state index contributed by atoms with van der Waals surface area (Å²) >= 11 is 0. The summed E-state index contributed by atoms with van der Waals surface area (Å²) in [4.78, 5) is 11.5. The third kappa shape index (κ3) is 3.31. The van der Waals surface area contributed by atoms with Crippen LogP contribution in [-0.2, 0) is 4.79 Å². The fourth-order valence-corrected chi connectivity index (χ4v) is 1.37. The van der Waals surface area contributed by atoms with Crippen LogP contribution in [0, 0.1) is 5.82 Å². The number of halogens is 1. The summed E-state index contributed by atoms with van der Waals surface area (Å²) in [7, 11) is 0. The van der Waals surface area contributed by atoms with Crippen LogP contribution < -0.4 is 11.1 Å². The maximum Gasteiger partial charge on any atom is 0.237 e. The van der Waals surface area contributed by atoms with Crippen LogP contribution in [0.15, 0.2) is 24.3 Å². The predicted molar refractivity (Wildman–Crippen MR) is 61.2 cm³/mol. The first-order chi connectivity index (χ1) is 7.54. The lowest BCUT2D eigenvalue weighted by Crippen LogP contribution is -2.41. The van der Waals surface area contributed by atoms with Crippen molar-refractivity contribution in [3.05, 3.63) is 35.6 Å². The molecule has 1 amide bonds. The molecule has 0 aliphatic heterocycles. The van der Waals surface area contributed by atoms with E-state index >= 15 is 0 Å². The van der Waals surface area contributed by atoms with Gasteiger partial charge in [0.15, 0.2) is 0 Å². The number of hydrogen-bond donors (Lipinski definition) is 2. The average Bonchev–Trinajstić information content (AvgIpc) is 2.27. The number of carbonyl (C=O) groups is 1. The van der Waals surface area contributed by atoms with E-state index in [9.17, 15) is 9.18 Å². The van der Waals surface area contributed by atoms with Crippen LogP contribution in [-0.4, -0.2) is 11.9 Å². The fraction of sp³-hybridized carbons (Fsp3) is 0.417. The molecule has 3 nitrogen and oxygen atoms in total. The molecule has 1 aromatic carbocycles. The highest BCUT2D eigenvalue weighted by molar-refractivity contribution is 5.81. The van der Waals surface area contributed by atoms with E-state index in [4.69, 9.17) is 5.73 Å². The Morgan fingerprint density at radius 1 is 1.56 bits per heavy atom. The van der Waals surface area contributed by atoms with Crippen LogP contribution in [0.3, 0.4) is 0 Å². The molecule has 1 aromatic rings. The van der Waals surface area contributed by atoms with Crippen molar-refractivity contribution in [1.82, 2.24) is 5.32 Å². The quantitative estimate of drug-likeness (QED) is 0.818. The fourth-order valence-electron chi connectivity index (χ4n) is 1.37. The van der Waals surface area contributed by atoms with Crippen molar-refractivity contribution in [3.8, 4) is 0 Å². The SMILES string of the molecule is CC[C@H](N)C(=O)N[C@@H](C)c1cccc(F)c1. The number of amides is 1. The molecule has 0 radical (unpaired) electrons. The van der Waals surface area contributed by atoms with Crippen LogP contribution in [0.2, 0.25) is 0 Å². The molecule has 0 saturated carbocycles. The van der Waals surface area contributed by atoms with Crippen LogP contribution in [0.25, 0.3) is 0 Å². The second-order valence-corrected chi connectivity index (χ2v) is 3.80. The summed E-state index contributed by atoms with van der Waals surface area (Å²) in [5.74, 6) is -0.516. The second kappa shape index (κ2) is 5.61. The van der Waals surface area contributed by atoms with Gasteiger partial charge in [-0.25, -0.2) is 4.39 Å². The van der Waals surface area contributed by atoms with E-state index < -0.39 is 6.04 Å². The Hall–Kier alpha value is -1.42. The maximum absolute atomic E-state index is 13.0. The molecule has 0 heterocycles. The van der Waals surface area contributed by atoms with Gasteiger partial charge in [-0.3, -0.25) is 4.79 Å². The van der Waals surface area contributed by atoms with Crippen molar-refractivity contribution >= 4 is 5.91 Å². The maximum atomic E-state index is 13.0. The smallest absolute Gasteiger partial charge is 0.237 e. The topological polar surface area (TPSA) is 55.1 Å². The van der Waals surface area contributed by atoms with Gasteiger partial charge >= 0.3 is 0 Å². The van der Waals surface area contributed by atoms with E-state index in [1.165, 1.54) is 12.1 Å². The molecular formula is C12H17FN2O. The number of nitrogens with two attached hydrogens (primary N) is 1. The van der Waals surface area contributed by atoms with Crippen molar-refractivity contribution in [3.63, 3.8) is 0 Å². The molecule has 0 unspecified atom stereocenters. The van der Waals surface area contributed by atoms with Gasteiger partial charge in [0.25, 0.3) is 0 Å². The zero-order valence-corrected chi connectivity index (χ0v) is 9.53. The Kier molecular flexibility index (Phi) is 4.43. The van der Waals surface area contributed by atoms with E-state index in [1.807, 2.05) is 6.92 Å². The molecule has 0 fully saturated rings. The molecule has 2 atom stereocenters. The van der Waals surface area contributed by atoms with Crippen LogP contribution >= 0.6 is 0 Å². The molecule has 88 valence electrons. The van der Waals surface area contributed by atoms with E-state index in [-0.39, 0.29) is 17.8 Å². The first kappa shape index (κ1) is 12.6. The highest BCUT2D eigenvalue weighted by Crippen LogP contribution is 2.13. The zero-order chi connectivity index (χ0) is 12.1. The predicted octanol–water partition coefficient (Wildman–Crippen LogP) is 1.74. The highest BCUT2D eigenvalue weighted by atomic mass is 19.1. The lowest BCUT2D eigenvalue weighted by molar-refractivity contribution is -0.123. The monoisotopic (exact) mass is 224 g/mol. The normalized spacial score (nSPS) is 14.2. The van der Waals surface area contributed by atoms with Gasteiger partial charge in [0.05, 0.1) is 12.1 Å². The number of hydrogen-bond acceptors (Lipinski definition) is 2. The minimum Gasteiger partial charge on any atom is -0.348 e.